The van der Waals surface area contributed by atoms with Crippen molar-refractivity contribution in [1.29, 1.82) is 0 Å². The fraction of sp³-hybridized carbons (Fsp3) is 0.500. The van der Waals surface area contributed by atoms with Gasteiger partial charge in [0.15, 0.2) is 0 Å². The van der Waals surface area contributed by atoms with E-state index in [1.165, 1.54) is 6.07 Å². The van der Waals surface area contributed by atoms with E-state index in [0.717, 1.165) is 0 Å². The molecule has 0 aromatic heterocycles. The number of rotatable bonds is 2. The lowest BCUT2D eigenvalue weighted by Gasteiger charge is -2.36. The van der Waals surface area contributed by atoms with Gasteiger partial charge in [0.2, 0.25) is 0 Å². The van der Waals surface area contributed by atoms with E-state index in [1.807, 2.05) is 13.8 Å². The van der Waals surface area contributed by atoms with Gasteiger partial charge in [-0.2, -0.15) is 0 Å². The van der Waals surface area contributed by atoms with E-state index in [4.69, 9.17) is 4.74 Å². The molecule has 1 heterocycles. The molecule has 0 aliphatic carbocycles. The monoisotopic (exact) mass is 278 g/mol. The van der Waals surface area contributed by atoms with Crippen molar-refractivity contribution in [3.05, 3.63) is 39.4 Å². The summed E-state index contributed by atoms with van der Waals surface area (Å²) in [6.07, 6.45) is -0.0180. The highest BCUT2D eigenvalue weighted by molar-refractivity contribution is 5.95. The number of ether oxygens (including phenoxy) is 1. The third kappa shape index (κ3) is 2.80. The minimum Gasteiger partial charge on any atom is -0.375 e. The van der Waals surface area contributed by atoms with Gasteiger partial charge in [0.05, 0.1) is 23.7 Å². The number of carbonyl (C=O) groups is 1. The summed E-state index contributed by atoms with van der Waals surface area (Å²) in [6, 6.07) is 4.57. The van der Waals surface area contributed by atoms with Crippen molar-refractivity contribution < 1.29 is 14.5 Å². The molecular formula is C14H18N2O4. The minimum absolute atomic E-state index is 0.0180. The molecule has 2 unspecified atom stereocenters. The van der Waals surface area contributed by atoms with Gasteiger partial charge in [-0.1, -0.05) is 6.07 Å². The van der Waals surface area contributed by atoms with Crippen LogP contribution in [-0.4, -0.2) is 41.0 Å². The third-order valence-corrected chi connectivity index (χ3v) is 3.52. The van der Waals surface area contributed by atoms with Gasteiger partial charge in [-0.05, 0) is 26.8 Å². The van der Waals surface area contributed by atoms with Gasteiger partial charge >= 0.3 is 0 Å². The first kappa shape index (κ1) is 14.5. The second kappa shape index (κ2) is 5.58. The van der Waals surface area contributed by atoms with E-state index < -0.39 is 4.92 Å². The molecule has 0 saturated carbocycles. The molecule has 1 amide bonds. The van der Waals surface area contributed by atoms with Gasteiger partial charge in [-0.3, -0.25) is 14.9 Å². The normalized spacial score (nSPS) is 22.6. The van der Waals surface area contributed by atoms with E-state index in [1.54, 1.807) is 24.0 Å². The molecule has 0 radical (unpaired) electrons. The van der Waals surface area contributed by atoms with Crippen LogP contribution in [0.3, 0.4) is 0 Å². The molecule has 108 valence electrons. The maximum Gasteiger partial charge on any atom is 0.273 e. The standard InChI is InChI=1S/C14H18N2O4/c1-9-4-5-12(6-13(9)16(18)19)14(17)15-7-11(3)20-8-10(15)2/h4-6,10-11H,7-8H2,1-3H3. The van der Waals surface area contributed by atoms with Gasteiger partial charge in [0, 0.05) is 23.7 Å². The van der Waals surface area contributed by atoms with Crippen LogP contribution < -0.4 is 0 Å². The Morgan fingerprint density at radius 2 is 2.15 bits per heavy atom. The second-order valence-corrected chi connectivity index (χ2v) is 5.21. The van der Waals surface area contributed by atoms with Gasteiger partial charge in [0.1, 0.15) is 0 Å². The summed E-state index contributed by atoms with van der Waals surface area (Å²) < 4.78 is 5.49. The number of hydrogen-bond donors (Lipinski definition) is 0. The molecule has 1 aliphatic heterocycles. The molecule has 0 N–H and O–H groups in total. The van der Waals surface area contributed by atoms with Crippen molar-refractivity contribution >= 4 is 11.6 Å². The molecule has 2 atom stereocenters. The minimum atomic E-state index is -0.461. The van der Waals surface area contributed by atoms with Crippen LogP contribution in [0.5, 0.6) is 0 Å². The predicted molar refractivity (Wildman–Crippen MR) is 73.7 cm³/mol. The molecule has 1 aromatic carbocycles. The molecule has 2 rings (SSSR count). The van der Waals surface area contributed by atoms with Gasteiger partial charge < -0.3 is 9.64 Å². The quantitative estimate of drug-likeness (QED) is 0.613. The molecule has 0 spiro atoms. The van der Waals surface area contributed by atoms with Crippen LogP contribution in [0.15, 0.2) is 18.2 Å². The van der Waals surface area contributed by atoms with Crippen molar-refractivity contribution in [2.24, 2.45) is 0 Å². The van der Waals surface area contributed by atoms with E-state index in [2.05, 4.69) is 0 Å². The van der Waals surface area contributed by atoms with Crippen LogP contribution in [0.1, 0.15) is 29.8 Å². The molecule has 1 saturated heterocycles. The Kier molecular flexibility index (Phi) is 4.04. The van der Waals surface area contributed by atoms with E-state index in [-0.39, 0.29) is 23.7 Å². The number of benzene rings is 1. The molecule has 6 heteroatoms. The lowest BCUT2D eigenvalue weighted by Crippen LogP contribution is -2.50. The molecule has 0 bridgehead atoms. The molecule has 6 nitrogen and oxygen atoms in total. The highest BCUT2D eigenvalue weighted by atomic mass is 16.6. The fourth-order valence-corrected chi connectivity index (χ4v) is 2.29. The number of hydrogen-bond acceptors (Lipinski definition) is 4. The molecule has 20 heavy (non-hydrogen) atoms. The van der Waals surface area contributed by atoms with Gasteiger partial charge in [0.25, 0.3) is 11.6 Å². The van der Waals surface area contributed by atoms with Crippen LogP contribution in [-0.2, 0) is 4.74 Å². The SMILES string of the molecule is Cc1ccc(C(=O)N2CC(C)OCC2C)cc1[N+](=O)[O-]. The Balaban J connectivity index is 2.29. The van der Waals surface area contributed by atoms with Crippen molar-refractivity contribution in [2.75, 3.05) is 13.2 Å². The maximum absolute atomic E-state index is 12.5. The van der Waals surface area contributed by atoms with Crippen LogP contribution >= 0.6 is 0 Å². The summed E-state index contributed by atoms with van der Waals surface area (Å²) in [5.41, 5.74) is 0.878. The van der Waals surface area contributed by atoms with Crippen LogP contribution in [0.2, 0.25) is 0 Å². The first-order chi connectivity index (χ1) is 9.40. The first-order valence-corrected chi connectivity index (χ1v) is 6.57. The lowest BCUT2D eigenvalue weighted by atomic mass is 10.1. The zero-order valence-corrected chi connectivity index (χ0v) is 11.8. The Bertz CT molecular complexity index is 544. The number of nitro groups is 1. The molecule has 1 aromatic rings. The molecule has 1 fully saturated rings. The van der Waals surface area contributed by atoms with Crippen molar-refractivity contribution in [3.63, 3.8) is 0 Å². The predicted octanol–water partition coefficient (Wildman–Crippen LogP) is 2.15. The zero-order valence-electron chi connectivity index (χ0n) is 11.8. The van der Waals surface area contributed by atoms with Crippen LogP contribution in [0, 0.1) is 17.0 Å². The van der Waals surface area contributed by atoms with E-state index in [9.17, 15) is 14.9 Å². The zero-order chi connectivity index (χ0) is 14.9. The smallest absolute Gasteiger partial charge is 0.273 e. The maximum atomic E-state index is 12.5. The molecule has 1 aliphatic rings. The largest absolute Gasteiger partial charge is 0.375 e. The van der Waals surface area contributed by atoms with Crippen molar-refractivity contribution in [3.8, 4) is 0 Å². The van der Waals surface area contributed by atoms with Crippen LogP contribution in [0.25, 0.3) is 0 Å². The average Bonchev–Trinajstić information content (AvgIpc) is 2.41. The first-order valence-electron chi connectivity index (χ1n) is 6.57. The van der Waals surface area contributed by atoms with Crippen LogP contribution in [0.4, 0.5) is 5.69 Å². The molecular weight excluding hydrogens is 260 g/mol. The topological polar surface area (TPSA) is 72.7 Å². The third-order valence-electron chi connectivity index (χ3n) is 3.52. The number of aryl methyl sites for hydroxylation is 1. The highest BCUT2D eigenvalue weighted by Crippen LogP contribution is 2.22. The summed E-state index contributed by atoms with van der Waals surface area (Å²) >= 11 is 0. The Hall–Kier alpha value is -1.95. The van der Waals surface area contributed by atoms with E-state index in [0.29, 0.717) is 24.3 Å². The van der Waals surface area contributed by atoms with Gasteiger partial charge in [-0.25, -0.2) is 0 Å². The summed E-state index contributed by atoms with van der Waals surface area (Å²) in [7, 11) is 0. The Morgan fingerprint density at radius 1 is 1.45 bits per heavy atom. The van der Waals surface area contributed by atoms with Gasteiger partial charge in [-0.15, -0.1) is 0 Å². The lowest BCUT2D eigenvalue weighted by molar-refractivity contribution is -0.385. The Labute approximate surface area is 117 Å². The number of amides is 1. The highest BCUT2D eigenvalue weighted by Gasteiger charge is 2.29. The summed E-state index contributed by atoms with van der Waals surface area (Å²) in [4.78, 5) is 24.7. The van der Waals surface area contributed by atoms with Crippen molar-refractivity contribution in [1.82, 2.24) is 4.90 Å². The summed E-state index contributed by atoms with van der Waals surface area (Å²) in [6.45, 7) is 6.46. The number of carbonyl (C=O) groups excluding carboxylic acids is 1. The fourth-order valence-electron chi connectivity index (χ4n) is 2.29. The van der Waals surface area contributed by atoms with Crippen molar-refractivity contribution in [2.45, 2.75) is 32.9 Å². The second-order valence-electron chi connectivity index (χ2n) is 5.21. The number of nitro benzene ring substituents is 1. The Morgan fingerprint density at radius 3 is 2.80 bits per heavy atom. The average molecular weight is 278 g/mol. The summed E-state index contributed by atoms with van der Waals surface area (Å²) in [5, 5.41) is 10.9. The number of morpholine rings is 1. The summed E-state index contributed by atoms with van der Waals surface area (Å²) in [5.74, 6) is -0.184. The van der Waals surface area contributed by atoms with E-state index >= 15 is 0 Å². The number of nitrogens with zero attached hydrogens (tertiary/aromatic N) is 2.